The van der Waals surface area contributed by atoms with Gasteiger partial charge < -0.3 is 5.32 Å². The van der Waals surface area contributed by atoms with Crippen LogP contribution in [0.15, 0.2) is 24.3 Å². The zero-order chi connectivity index (χ0) is 12.0. The number of aryl methyl sites for hydroxylation is 1. The molecule has 0 aliphatic rings. The van der Waals surface area contributed by atoms with Gasteiger partial charge in [-0.25, -0.2) is 0 Å². The van der Waals surface area contributed by atoms with Crippen LogP contribution >= 0.6 is 0 Å². The Labute approximate surface area is 97.5 Å². The van der Waals surface area contributed by atoms with Crippen molar-refractivity contribution < 1.29 is 4.79 Å². The minimum absolute atomic E-state index is 0.0487. The minimum Gasteiger partial charge on any atom is -0.325 e. The highest BCUT2D eigenvalue weighted by molar-refractivity contribution is 5.92. The lowest BCUT2D eigenvalue weighted by Gasteiger charge is -2.17. The van der Waals surface area contributed by atoms with Gasteiger partial charge in [-0.05, 0) is 32.1 Å². The maximum atomic E-state index is 11.7. The highest BCUT2D eigenvalue weighted by atomic mass is 16.2. The molecule has 0 radical (unpaired) electrons. The summed E-state index contributed by atoms with van der Waals surface area (Å²) in [5, 5.41) is 2.89. The number of nitrogens with zero attached hydrogens (tertiary/aromatic N) is 1. The normalized spacial score (nSPS) is 10.5. The Morgan fingerprint density at radius 1 is 1.19 bits per heavy atom. The van der Waals surface area contributed by atoms with Gasteiger partial charge in [0.15, 0.2) is 0 Å². The summed E-state index contributed by atoms with van der Waals surface area (Å²) in [5.74, 6) is 0.0487. The van der Waals surface area contributed by atoms with Crippen molar-refractivity contribution in [3.05, 3.63) is 29.8 Å². The Morgan fingerprint density at radius 2 is 1.75 bits per heavy atom. The van der Waals surface area contributed by atoms with Gasteiger partial charge in [0.1, 0.15) is 0 Å². The monoisotopic (exact) mass is 220 g/mol. The molecule has 0 heterocycles. The van der Waals surface area contributed by atoms with Gasteiger partial charge in [0.25, 0.3) is 0 Å². The molecule has 3 nitrogen and oxygen atoms in total. The Hall–Kier alpha value is -1.35. The molecule has 1 aromatic rings. The summed E-state index contributed by atoms with van der Waals surface area (Å²) in [5.41, 5.74) is 2.06. The third kappa shape index (κ3) is 4.03. The molecule has 0 fully saturated rings. The largest absolute Gasteiger partial charge is 0.325 e. The van der Waals surface area contributed by atoms with E-state index in [1.54, 1.807) is 0 Å². The number of carbonyl (C=O) groups is 1. The van der Waals surface area contributed by atoms with Crippen LogP contribution in [0.1, 0.15) is 19.4 Å². The number of hydrogen-bond donors (Lipinski definition) is 1. The first kappa shape index (κ1) is 12.7. The van der Waals surface area contributed by atoms with Gasteiger partial charge in [0.2, 0.25) is 5.91 Å². The summed E-state index contributed by atoms with van der Waals surface area (Å²) in [7, 11) is 0. The Kier molecular flexibility index (Phi) is 4.99. The number of anilines is 1. The van der Waals surface area contributed by atoms with Gasteiger partial charge in [-0.2, -0.15) is 0 Å². The molecule has 3 heteroatoms. The summed E-state index contributed by atoms with van der Waals surface area (Å²) in [6.45, 7) is 8.41. The molecule has 0 aliphatic carbocycles. The predicted octanol–water partition coefficient (Wildman–Crippen LogP) is 2.28. The molecule has 1 N–H and O–H groups in total. The van der Waals surface area contributed by atoms with Crippen LogP contribution in [0.5, 0.6) is 0 Å². The molecule has 0 atom stereocenters. The summed E-state index contributed by atoms with van der Waals surface area (Å²) in [6.07, 6.45) is 0. The van der Waals surface area contributed by atoms with Crippen LogP contribution in [0.4, 0.5) is 5.69 Å². The molecular formula is C13H20N2O. The van der Waals surface area contributed by atoms with Crippen LogP contribution in [0.2, 0.25) is 0 Å². The summed E-state index contributed by atoms with van der Waals surface area (Å²) < 4.78 is 0. The van der Waals surface area contributed by atoms with Crippen molar-refractivity contribution in [2.45, 2.75) is 20.8 Å². The smallest absolute Gasteiger partial charge is 0.238 e. The zero-order valence-electron chi connectivity index (χ0n) is 10.3. The van der Waals surface area contributed by atoms with E-state index >= 15 is 0 Å². The van der Waals surface area contributed by atoms with Crippen LogP contribution < -0.4 is 5.32 Å². The summed E-state index contributed by atoms with van der Waals surface area (Å²) in [6, 6.07) is 7.84. The van der Waals surface area contributed by atoms with Crippen LogP contribution in [-0.2, 0) is 4.79 Å². The first-order valence-corrected chi connectivity index (χ1v) is 5.74. The van der Waals surface area contributed by atoms with E-state index in [1.807, 2.05) is 31.2 Å². The van der Waals surface area contributed by atoms with Crippen molar-refractivity contribution in [1.29, 1.82) is 0 Å². The second-order valence-electron chi connectivity index (χ2n) is 3.88. The SMILES string of the molecule is CCN(CC)CC(=O)Nc1ccc(C)cc1. The Balaban J connectivity index is 2.48. The third-order valence-corrected chi connectivity index (χ3v) is 2.60. The number of likely N-dealkylation sites (N-methyl/N-ethyl adjacent to an activating group) is 1. The molecule has 0 spiro atoms. The average Bonchev–Trinajstić information content (AvgIpc) is 2.29. The summed E-state index contributed by atoms with van der Waals surface area (Å²) in [4.78, 5) is 13.8. The van der Waals surface area contributed by atoms with E-state index in [0.717, 1.165) is 18.8 Å². The maximum Gasteiger partial charge on any atom is 0.238 e. The van der Waals surface area contributed by atoms with E-state index in [-0.39, 0.29) is 5.91 Å². The molecular weight excluding hydrogens is 200 g/mol. The Bertz CT molecular complexity index is 328. The average molecular weight is 220 g/mol. The van der Waals surface area contributed by atoms with Gasteiger partial charge in [-0.1, -0.05) is 31.5 Å². The van der Waals surface area contributed by atoms with Crippen LogP contribution in [-0.4, -0.2) is 30.4 Å². The molecule has 16 heavy (non-hydrogen) atoms. The van der Waals surface area contributed by atoms with E-state index in [0.29, 0.717) is 6.54 Å². The van der Waals surface area contributed by atoms with Crippen molar-refractivity contribution in [2.24, 2.45) is 0 Å². The lowest BCUT2D eigenvalue weighted by molar-refractivity contribution is -0.117. The second kappa shape index (κ2) is 6.28. The van der Waals surface area contributed by atoms with Gasteiger partial charge in [0, 0.05) is 5.69 Å². The van der Waals surface area contributed by atoms with E-state index in [4.69, 9.17) is 0 Å². The van der Waals surface area contributed by atoms with Crippen molar-refractivity contribution in [2.75, 3.05) is 25.0 Å². The topological polar surface area (TPSA) is 32.3 Å². The lowest BCUT2D eigenvalue weighted by Crippen LogP contribution is -2.32. The van der Waals surface area contributed by atoms with E-state index in [1.165, 1.54) is 5.56 Å². The minimum atomic E-state index is 0.0487. The predicted molar refractivity (Wildman–Crippen MR) is 67.6 cm³/mol. The van der Waals surface area contributed by atoms with Crippen molar-refractivity contribution >= 4 is 11.6 Å². The van der Waals surface area contributed by atoms with Crippen LogP contribution in [0.25, 0.3) is 0 Å². The molecule has 1 aromatic carbocycles. The molecule has 0 unspecified atom stereocenters. The number of benzene rings is 1. The second-order valence-corrected chi connectivity index (χ2v) is 3.88. The molecule has 1 amide bonds. The van der Waals surface area contributed by atoms with Crippen LogP contribution in [0.3, 0.4) is 0 Å². The first-order valence-electron chi connectivity index (χ1n) is 5.74. The first-order chi connectivity index (χ1) is 7.65. The zero-order valence-corrected chi connectivity index (χ0v) is 10.3. The number of nitrogens with one attached hydrogen (secondary N) is 1. The molecule has 88 valence electrons. The quantitative estimate of drug-likeness (QED) is 0.825. The van der Waals surface area contributed by atoms with Gasteiger partial charge >= 0.3 is 0 Å². The Morgan fingerprint density at radius 3 is 2.25 bits per heavy atom. The van der Waals surface area contributed by atoms with Crippen LogP contribution in [0, 0.1) is 6.92 Å². The van der Waals surface area contributed by atoms with Gasteiger partial charge in [-0.3, -0.25) is 9.69 Å². The fourth-order valence-corrected chi connectivity index (χ4v) is 1.49. The molecule has 0 aliphatic heterocycles. The fourth-order valence-electron chi connectivity index (χ4n) is 1.49. The number of hydrogen-bond acceptors (Lipinski definition) is 2. The highest BCUT2D eigenvalue weighted by Gasteiger charge is 2.06. The molecule has 0 saturated carbocycles. The van der Waals surface area contributed by atoms with Crippen molar-refractivity contribution in [3.8, 4) is 0 Å². The van der Waals surface area contributed by atoms with E-state index in [9.17, 15) is 4.79 Å². The number of rotatable bonds is 5. The van der Waals surface area contributed by atoms with E-state index in [2.05, 4.69) is 24.1 Å². The fraction of sp³-hybridized carbons (Fsp3) is 0.462. The number of amides is 1. The molecule has 0 bridgehead atoms. The van der Waals surface area contributed by atoms with Crippen molar-refractivity contribution in [1.82, 2.24) is 4.90 Å². The maximum absolute atomic E-state index is 11.7. The third-order valence-electron chi connectivity index (χ3n) is 2.60. The van der Waals surface area contributed by atoms with Gasteiger partial charge in [-0.15, -0.1) is 0 Å². The molecule has 1 rings (SSSR count). The summed E-state index contributed by atoms with van der Waals surface area (Å²) >= 11 is 0. The van der Waals surface area contributed by atoms with Crippen molar-refractivity contribution in [3.63, 3.8) is 0 Å². The molecule has 0 saturated heterocycles. The lowest BCUT2D eigenvalue weighted by atomic mass is 10.2. The van der Waals surface area contributed by atoms with E-state index < -0.39 is 0 Å². The standard InChI is InChI=1S/C13H20N2O/c1-4-15(5-2)10-13(16)14-12-8-6-11(3)7-9-12/h6-9H,4-5,10H2,1-3H3,(H,14,16). The number of carbonyl (C=O) groups excluding carboxylic acids is 1. The highest BCUT2D eigenvalue weighted by Crippen LogP contribution is 2.08. The molecule has 0 aromatic heterocycles. The van der Waals surface area contributed by atoms with Gasteiger partial charge in [0.05, 0.1) is 6.54 Å².